The Morgan fingerprint density at radius 3 is 2.32 bits per heavy atom. The summed E-state index contributed by atoms with van der Waals surface area (Å²) in [7, 11) is -3.84. The standard InChI is InChI=1S/C10H18F3NO4S/c11-10(12,13)2-1-7-19(16,17)14-9(8-15)3-5-18-6-4-9/h14-15H,1-8H2. The summed E-state index contributed by atoms with van der Waals surface area (Å²) in [4.78, 5) is 0. The van der Waals surface area contributed by atoms with Crippen molar-refractivity contribution in [1.29, 1.82) is 0 Å². The molecule has 19 heavy (non-hydrogen) atoms. The SMILES string of the molecule is O=S(=O)(CCCC(F)(F)F)NC1(CO)CCOCC1. The number of nitrogens with one attached hydrogen (secondary N) is 1. The zero-order chi connectivity index (χ0) is 14.6. The third-order valence-electron chi connectivity index (χ3n) is 3.00. The smallest absolute Gasteiger partial charge is 0.389 e. The van der Waals surface area contributed by atoms with Gasteiger partial charge in [0.25, 0.3) is 0 Å². The maximum atomic E-state index is 12.0. The zero-order valence-electron chi connectivity index (χ0n) is 10.4. The summed E-state index contributed by atoms with van der Waals surface area (Å²) < 4.78 is 66.7. The first kappa shape index (κ1) is 16.7. The number of aliphatic hydroxyl groups is 1. The second-order valence-corrected chi connectivity index (χ2v) is 6.53. The molecule has 1 fully saturated rings. The molecule has 0 atom stereocenters. The van der Waals surface area contributed by atoms with E-state index in [1.807, 2.05) is 0 Å². The van der Waals surface area contributed by atoms with Crippen LogP contribution >= 0.6 is 0 Å². The number of sulfonamides is 1. The summed E-state index contributed by atoms with van der Waals surface area (Å²) in [6, 6.07) is 0. The molecular formula is C10H18F3NO4S. The van der Waals surface area contributed by atoms with Crippen LogP contribution < -0.4 is 4.72 Å². The van der Waals surface area contributed by atoms with Crippen molar-refractivity contribution < 1.29 is 31.4 Å². The van der Waals surface area contributed by atoms with Gasteiger partial charge in [0.2, 0.25) is 10.0 Å². The first-order valence-corrected chi connectivity index (χ1v) is 7.60. The Kier molecular flexibility index (Phi) is 5.60. The van der Waals surface area contributed by atoms with Crippen molar-refractivity contribution in [2.75, 3.05) is 25.6 Å². The van der Waals surface area contributed by atoms with Gasteiger partial charge in [-0.2, -0.15) is 13.2 Å². The average Bonchev–Trinajstić information content (AvgIpc) is 2.27. The molecule has 2 N–H and O–H groups in total. The highest BCUT2D eigenvalue weighted by Gasteiger charge is 2.36. The topological polar surface area (TPSA) is 75.6 Å². The van der Waals surface area contributed by atoms with Crippen LogP contribution in [0.2, 0.25) is 0 Å². The van der Waals surface area contributed by atoms with Gasteiger partial charge < -0.3 is 9.84 Å². The zero-order valence-corrected chi connectivity index (χ0v) is 11.2. The van der Waals surface area contributed by atoms with E-state index in [1.165, 1.54) is 0 Å². The van der Waals surface area contributed by atoms with Crippen LogP contribution in [0.1, 0.15) is 25.7 Å². The van der Waals surface area contributed by atoms with Crippen LogP contribution in [0.3, 0.4) is 0 Å². The Hall–Kier alpha value is -0.380. The number of alkyl halides is 3. The van der Waals surface area contributed by atoms with E-state index in [4.69, 9.17) is 4.74 Å². The van der Waals surface area contributed by atoms with Crippen LogP contribution in [0.25, 0.3) is 0 Å². The number of hydrogen-bond donors (Lipinski definition) is 2. The summed E-state index contributed by atoms with van der Waals surface area (Å²) in [5.41, 5.74) is -1.00. The highest BCUT2D eigenvalue weighted by atomic mass is 32.2. The van der Waals surface area contributed by atoms with Crippen LogP contribution in [0.4, 0.5) is 13.2 Å². The highest BCUT2D eigenvalue weighted by Crippen LogP contribution is 2.23. The molecule has 0 spiro atoms. The van der Waals surface area contributed by atoms with Crippen LogP contribution in [0, 0.1) is 0 Å². The Morgan fingerprint density at radius 2 is 1.84 bits per heavy atom. The van der Waals surface area contributed by atoms with Gasteiger partial charge in [-0.25, -0.2) is 13.1 Å². The van der Waals surface area contributed by atoms with Gasteiger partial charge in [0.1, 0.15) is 0 Å². The van der Waals surface area contributed by atoms with E-state index < -0.39 is 46.9 Å². The van der Waals surface area contributed by atoms with Crippen molar-refractivity contribution in [2.45, 2.75) is 37.4 Å². The molecule has 0 unspecified atom stereocenters. The average molecular weight is 305 g/mol. The second kappa shape index (κ2) is 6.38. The molecule has 114 valence electrons. The molecule has 0 amide bonds. The molecule has 0 radical (unpaired) electrons. The van der Waals surface area contributed by atoms with Gasteiger partial charge in [0.05, 0.1) is 17.9 Å². The molecule has 1 aliphatic rings. The second-order valence-electron chi connectivity index (χ2n) is 4.69. The van der Waals surface area contributed by atoms with E-state index in [0.717, 1.165) is 0 Å². The monoisotopic (exact) mass is 305 g/mol. The lowest BCUT2D eigenvalue weighted by molar-refractivity contribution is -0.134. The van der Waals surface area contributed by atoms with Gasteiger partial charge in [-0.15, -0.1) is 0 Å². The lowest BCUT2D eigenvalue weighted by Crippen LogP contribution is -2.55. The fourth-order valence-electron chi connectivity index (χ4n) is 1.90. The minimum absolute atomic E-state index is 0.308. The Balaban J connectivity index is 2.52. The quantitative estimate of drug-likeness (QED) is 0.761. The maximum absolute atomic E-state index is 12.0. The Bertz CT molecular complexity index is 377. The van der Waals surface area contributed by atoms with Crippen molar-refractivity contribution >= 4 is 10.0 Å². The molecule has 1 rings (SSSR count). The molecule has 5 nitrogen and oxygen atoms in total. The molecular weight excluding hydrogens is 287 g/mol. The Labute approximate surface area is 110 Å². The predicted octanol–water partition coefficient (Wildman–Crippen LogP) is 0.790. The summed E-state index contributed by atoms with van der Waals surface area (Å²) in [6.45, 7) is 0.228. The number of aliphatic hydroxyl groups excluding tert-OH is 1. The first-order valence-electron chi connectivity index (χ1n) is 5.95. The molecule has 0 aliphatic carbocycles. The van der Waals surface area contributed by atoms with Crippen LogP contribution in [0.15, 0.2) is 0 Å². The highest BCUT2D eigenvalue weighted by molar-refractivity contribution is 7.89. The molecule has 0 bridgehead atoms. The molecule has 9 heteroatoms. The number of halogens is 3. The largest absolute Gasteiger partial charge is 0.394 e. The molecule has 1 aliphatic heterocycles. The number of rotatable bonds is 6. The minimum atomic E-state index is -4.36. The van der Waals surface area contributed by atoms with Gasteiger partial charge in [-0.05, 0) is 19.3 Å². The van der Waals surface area contributed by atoms with Crippen LogP contribution in [-0.4, -0.2) is 50.8 Å². The molecule has 0 aromatic heterocycles. The maximum Gasteiger partial charge on any atom is 0.389 e. The van der Waals surface area contributed by atoms with Gasteiger partial charge in [-0.1, -0.05) is 0 Å². The van der Waals surface area contributed by atoms with Crippen molar-refractivity contribution in [2.24, 2.45) is 0 Å². The van der Waals surface area contributed by atoms with Crippen LogP contribution in [-0.2, 0) is 14.8 Å². The minimum Gasteiger partial charge on any atom is -0.394 e. The van der Waals surface area contributed by atoms with Gasteiger partial charge in [0, 0.05) is 19.6 Å². The van der Waals surface area contributed by atoms with E-state index in [0.29, 0.717) is 26.1 Å². The van der Waals surface area contributed by atoms with Crippen LogP contribution in [0.5, 0.6) is 0 Å². The summed E-state index contributed by atoms with van der Waals surface area (Å²) >= 11 is 0. The first-order chi connectivity index (χ1) is 8.68. The van der Waals surface area contributed by atoms with Gasteiger partial charge in [-0.3, -0.25) is 0 Å². The van der Waals surface area contributed by atoms with Crippen molar-refractivity contribution in [3.05, 3.63) is 0 Å². The van der Waals surface area contributed by atoms with E-state index in [1.54, 1.807) is 0 Å². The lowest BCUT2D eigenvalue weighted by Gasteiger charge is -2.35. The van der Waals surface area contributed by atoms with E-state index in [-0.39, 0.29) is 0 Å². The summed E-state index contributed by atoms with van der Waals surface area (Å²) in [5.74, 6) is -0.602. The fourth-order valence-corrected chi connectivity index (χ4v) is 3.45. The molecule has 0 saturated carbocycles. The molecule has 1 saturated heterocycles. The third-order valence-corrected chi connectivity index (χ3v) is 4.57. The van der Waals surface area contributed by atoms with Crippen molar-refractivity contribution in [3.63, 3.8) is 0 Å². The summed E-state index contributed by atoms with van der Waals surface area (Å²) in [6.07, 6.45) is -5.37. The number of ether oxygens (including phenoxy) is 1. The molecule has 1 heterocycles. The normalized spacial score (nSPS) is 20.4. The molecule has 0 aromatic carbocycles. The predicted molar refractivity (Wildman–Crippen MR) is 62.1 cm³/mol. The Morgan fingerprint density at radius 1 is 1.26 bits per heavy atom. The van der Waals surface area contributed by atoms with Gasteiger partial charge in [0.15, 0.2) is 0 Å². The third kappa shape index (κ3) is 6.07. The van der Waals surface area contributed by atoms with Crippen molar-refractivity contribution in [3.8, 4) is 0 Å². The van der Waals surface area contributed by atoms with Gasteiger partial charge >= 0.3 is 6.18 Å². The van der Waals surface area contributed by atoms with Crippen molar-refractivity contribution in [1.82, 2.24) is 4.72 Å². The van der Waals surface area contributed by atoms with E-state index in [9.17, 15) is 26.7 Å². The van der Waals surface area contributed by atoms with E-state index >= 15 is 0 Å². The van der Waals surface area contributed by atoms with E-state index in [2.05, 4.69) is 4.72 Å². The summed E-state index contributed by atoms with van der Waals surface area (Å²) in [5, 5.41) is 9.30. The number of hydrogen-bond acceptors (Lipinski definition) is 4. The molecule has 0 aromatic rings. The fraction of sp³-hybridized carbons (Fsp3) is 1.00. The lowest BCUT2D eigenvalue weighted by atomic mass is 9.93.